The Morgan fingerprint density at radius 3 is 2.82 bits per heavy atom. The number of nitrogens with one attached hydrogen (secondary N) is 1. The molecule has 1 amide bonds. The lowest BCUT2D eigenvalue weighted by Gasteiger charge is -2.31. The summed E-state index contributed by atoms with van der Waals surface area (Å²) in [4.78, 5) is 19.1. The molecule has 1 aliphatic heterocycles. The predicted molar refractivity (Wildman–Crippen MR) is 85.0 cm³/mol. The first-order valence-electron chi connectivity index (χ1n) is 7.73. The van der Waals surface area contributed by atoms with Crippen molar-refractivity contribution in [1.82, 2.24) is 20.1 Å². The maximum Gasteiger partial charge on any atom is 0.228 e. The first-order valence-corrected chi connectivity index (χ1v) is 7.73. The van der Waals surface area contributed by atoms with Crippen LogP contribution >= 0.6 is 0 Å². The van der Waals surface area contributed by atoms with Crippen LogP contribution in [-0.4, -0.2) is 32.5 Å². The standard InChI is InChI=1S/C17H22N4O/c1-17(2,3)16(22)21-10-4-5-15(21)12-6-8-18-14(11-12)13-7-9-19-20-13/h6-9,11,15H,4-5,10H2,1-3H3,(H,19,20). The number of pyridine rings is 1. The Morgan fingerprint density at radius 1 is 1.32 bits per heavy atom. The van der Waals surface area contributed by atoms with Crippen molar-refractivity contribution in [2.75, 3.05) is 6.54 Å². The first kappa shape index (κ1) is 14.8. The Morgan fingerprint density at radius 2 is 2.14 bits per heavy atom. The second-order valence-electron chi connectivity index (χ2n) is 6.85. The molecule has 2 aromatic rings. The Kier molecular flexibility index (Phi) is 3.72. The van der Waals surface area contributed by atoms with E-state index in [4.69, 9.17) is 0 Å². The van der Waals surface area contributed by atoms with Gasteiger partial charge in [-0.2, -0.15) is 5.10 Å². The Bertz CT molecular complexity index is 658. The number of H-pyrrole nitrogens is 1. The summed E-state index contributed by atoms with van der Waals surface area (Å²) in [5, 5.41) is 6.91. The van der Waals surface area contributed by atoms with Crippen molar-refractivity contribution in [2.45, 2.75) is 39.7 Å². The van der Waals surface area contributed by atoms with Crippen molar-refractivity contribution >= 4 is 5.91 Å². The molecular formula is C17H22N4O. The summed E-state index contributed by atoms with van der Waals surface area (Å²) in [6, 6.07) is 6.13. The molecule has 0 spiro atoms. The van der Waals surface area contributed by atoms with E-state index in [-0.39, 0.29) is 17.4 Å². The third kappa shape index (κ3) is 2.75. The fourth-order valence-corrected chi connectivity index (χ4v) is 2.99. The Labute approximate surface area is 130 Å². The van der Waals surface area contributed by atoms with Gasteiger partial charge >= 0.3 is 0 Å². The van der Waals surface area contributed by atoms with Crippen LogP contribution in [0, 0.1) is 5.41 Å². The monoisotopic (exact) mass is 298 g/mol. The van der Waals surface area contributed by atoms with Crippen LogP contribution in [0.5, 0.6) is 0 Å². The number of carbonyl (C=O) groups excluding carboxylic acids is 1. The van der Waals surface area contributed by atoms with E-state index in [2.05, 4.69) is 21.2 Å². The summed E-state index contributed by atoms with van der Waals surface area (Å²) < 4.78 is 0. The van der Waals surface area contributed by atoms with Gasteiger partial charge in [0.15, 0.2) is 0 Å². The van der Waals surface area contributed by atoms with Crippen LogP contribution in [-0.2, 0) is 4.79 Å². The van der Waals surface area contributed by atoms with E-state index in [0.717, 1.165) is 36.3 Å². The molecule has 5 nitrogen and oxygen atoms in total. The van der Waals surface area contributed by atoms with Gasteiger partial charge in [-0.1, -0.05) is 20.8 Å². The van der Waals surface area contributed by atoms with Crippen LogP contribution < -0.4 is 0 Å². The number of rotatable bonds is 2. The highest BCUT2D eigenvalue weighted by molar-refractivity contribution is 5.82. The fraction of sp³-hybridized carbons (Fsp3) is 0.471. The number of hydrogen-bond donors (Lipinski definition) is 1. The van der Waals surface area contributed by atoms with Gasteiger partial charge in [-0.15, -0.1) is 0 Å². The van der Waals surface area contributed by atoms with Gasteiger partial charge in [0.1, 0.15) is 0 Å². The summed E-state index contributed by atoms with van der Waals surface area (Å²) in [7, 11) is 0. The van der Waals surface area contributed by atoms with Gasteiger partial charge in [0, 0.05) is 24.4 Å². The number of amides is 1. The molecule has 3 rings (SSSR count). The van der Waals surface area contributed by atoms with E-state index < -0.39 is 0 Å². The topological polar surface area (TPSA) is 61.9 Å². The lowest BCUT2D eigenvalue weighted by molar-refractivity contribution is -0.140. The van der Waals surface area contributed by atoms with Crippen LogP contribution in [0.3, 0.4) is 0 Å². The molecule has 22 heavy (non-hydrogen) atoms. The zero-order valence-corrected chi connectivity index (χ0v) is 13.3. The largest absolute Gasteiger partial charge is 0.335 e. The molecule has 0 aliphatic carbocycles. The number of aromatic nitrogens is 3. The normalized spacial score (nSPS) is 18.7. The van der Waals surface area contributed by atoms with Crippen LogP contribution in [0.1, 0.15) is 45.2 Å². The highest BCUT2D eigenvalue weighted by Crippen LogP contribution is 2.35. The fourth-order valence-electron chi connectivity index (χ4n) is 2.99. The van der Waals surface area contributed by atoms with Gasteiger partial charge in [-0.05, 0) is 36.6 Å². The average molecular weight is 298 g/mol. The molecule has 5 heteroatoms. The van der Waals surface area contributed by atoms with Crippen molar-refractivity contribution in [3.8, 4) is 11.4 Å². The van der Waals surface area contributed by atoms with Crippen LogP contribution in [0.4, 0.5) is 0 Å². The minimum Gasteiger partial charge on any atom is -0.335 e. The van der Waals surface area contributed by atoms with Gasteiger partial charge in [0.2, 0.25) is 5.91 Å². The van der Waals surface area contributed by atoms with Crippen LogP contribution in [0.25, 0.3) is 11.4 Å². The number of aromatic amines is 1. The second kappa shape index (κ2) is 5.55. The summed E-state index contributed by atoms with van der Waals surface area (Å²) in [5.74, 6) is 0.218. The lowest BCUT2D eigenvalue weighted by atomic mass is 9.93. The van der Waals surface area contributed by atoms with E-state index in [1.54, 1.807) is 6.20 Å². The molecule has 116 valence electrons. The molecule has 0 saturated carbocycles. The molecule has 1 fully saturated rings. The van der Waals surface area contributed by atoms with E-state index in [1.165, 1.54) is 0 Å². The molecule has 0 bridgehead atoms. The summed E-state index contributed by atoms with van der Waals surface area (Å²) >= 11 is 0. The molecule has 1 atom stereocenters. The van der Waals surface area contributed by atoms with E-state index in [1.807, 2.05) is 44.0 Å². The third-order valence-electron chi connectivity index (χ3n) is 4.10. The minimum absolute atomic E-state index is 0.149. The number of nitrogens with zero attached hydrogens (tertiary/aromatic N) is 3. The molecule has 1 saturated heterocycles. The van der Waals surface area contributed by atoms with Crippen molar-refractivity contribution < 1.29 is 4.79 Å². The number of hydrogen-bond acceptors (Lipinski definition) is 3. The molecular weight excluding hydrogens is 276 g/mol. The van der Waals surface area contributed by atoms with E-state index >= 15 is 0 Å². The number of likely N-dealkylation sites (tertiary alicyclic amines) is 1. The lowest BCUT2D eigenvalue weighted by Crippen LogP contribution is -2.39. The zero-order chi connectivity index (χ0) is 15.7. The average Bonchev–Trinajstić information content (AvgIpc) is 3.17. The molecule has 3 heterocycles. The predicted octanol–water partition coefficient (Wildman–Crippen LogP) is 3.18. The zero-order valence-electron chi connectivity index (χ0n) is 13.3. The molecule has 1 aliphatic rings. The van der Waals surface area contributed by atoms with Gasteiger partial charge in [0.25, 0.3) is 0 Å². The quantitative estimate of drug-likeness (QED) is 0.926. The van der Waals surface area contributed by atoms with Crippen LogP contribution in [0.2, 0.25) is 0 Å². The maximum absolute atomic E-state index is 12.7. The van der Waals surface area contributed by atoms with Crippen molar-refractivity contribution in [2.24, 2.45) is 5.41 Å². The smallest absolute Gasteiger partial charge is 0.228 e. The molecule has 1 unspecified atom stereocenters. The minimum atomic E-state index is -0.345. The molecule has 0 radical (unpaired) electrons. The highest BCUT2D eigenvalue weighted by Gasteiger charge is 2.35. The first-order chi connectivity index (χ1) is 10.5. The third-order valence-corrected chi connectivity index (χ3v) is 4.10. The second-order valence-corrected chi connectivity index (χ2v) is 6.85. The van der Waals surface area contributed by atoms with Crippen molar-refractivity contribution in [3.05, 3.63) is 36.2 Å². The van der Waals surface area contributed by atoms with Gasteiger partial charge < -0.3 is 4.90 Å². The molecule has 1 N–H and O–H groups in total. The number of carbonyl (C=O) groups is 1. The molecule has 2 aromatic heterocycles. The van der Waals surface area contributed by atoms with Gasteiger partial charge in [-0.3, -0.25) is 14.9 Å². The Balaban J connectivity index is 1.90. The van der Waals surface area contributed by atoms with Crippen LogP contribution in [0.15, 0.2) is 30.6 Å². The highest BCUT2D eigenvalue weighted by atomic mass is 16.2. The van der Waals surface area contributed by atoms with Crippen molar-refractivity contribution in [3.63, 3.8) is 0 Å². The van der Waals surface area contributed by atoms with E-state index in [0.29, 0.717) is 0 Å². The summed E-state index contributed by atoms with van der Waals surface area (Å²) in [6.45, 7) is 6.77. The van der Waals surface area contributed by atoms with Gasteiger partial charge in [-0.25, -0.2) is 0 Å². The summed E-state index contributed by atoms with van der Waals surface area (Å²) in [5.41, 5.74) is 2.57. The maximum atomic E-state index is 12.7. The SMILES string of the molecule is CC(C)(C)C(=O)N1CCCC1c1ccnc(-c2ccn[nH]2)c1. The van der Waals surface area contributed by atoms with Crippen molar-refractivity contribution in [1.29, 1.82) is 0 Å². The summed E-state index contributed by atoms with van der Waals surface area (Å²) in [6.07, 6.45) is 5.58. The van der Waals surface area contributed by atoms with E-state index in [9.17, 15) is 4.79 Å². The van der Waals surface area contributed by atoms with Gasteiger partial charge in [0.05, 0.1) is 17.4 Å². The Hall–Kier alpha value is -2.17. The molecule has 0 aromatic carbocycles.